The van der Waals surface area contributed by atoms with Crippen LogP contribution in [0.3, 0.4) is 0 Å². The molecule has 7 heteroatoms. The summed E-state index contributed by atoms with van der Waals surface area (Å²) in [5.41, 5.74) is 1.74. The Kier molecular flexibility index (Phi) is 4.14. The smallest absolute Gasteiger partial charge is 0.272 e. The van der Waals surface area contributed by atoms with Crippen molar-refractivity contribution in [2.45, 2.75) is 25.9 Å². The molecule has 0 N–H and O–H groups in total. The molecule has 2 aromatic rings. The molecule has 0 saturated carbocycles. The number of carbonyl (C=O) groups excluding carboxylic acids is 1. The summed E-state index contributed by atoms with van der Waals surface area (Å²) in [5, 5.41) is 7.35. The average Bonchev–Trinajstić information content (AvgIpc) is 3.28. The molecule has 2 aliphatic heterocycles. The molecule has 0 aromatic carbocycles. The van der Waals surface area contributed by atoms with Gasteiger partial charge >= 0.3 is 0 Å². The molecular weight excluding hydrogens is 324 g/mol. The quantitative estimate of drug-likeness (QED) is 0.852. The van der Waals surface area contributed by atoms with Gasteiger partial charge in [0.15, 0.2) is 0 Å². The van der Waals surface area contributed by atoms with Crippen molar-refractivity contribution < 1.29 is 9.53 Å². The summed E-state index contributed by atoms with van der Waals surface area (Å²) in [7, 11) is 1.81. The molecule has 2 aromatic heterocycles. The fourth-order valence-electron chi connectivity index (χ4n) is 3.90. The third-order valence-corrected chi connectivity index (χ3v) is 6.15. The van der Waals surface area contributed by atoms with Crippen molar-refractivity contribution in [2.24, 2.45) is 18.9 Å². The number of hydrogen-bond donors (Lipinski definition) is 0. The van der Waals surface area contributed by atoms with Crippen molar-refractivity contribution in [1.29, 1.82) is 0 Å². The van der Waals surface area contributed by atoms with E-state index in [1.54, 1.807) is 28.3 Å². The standard InChI is InChI=1S/C17H22N4O2S/c1-11-10-24-16(19-11)7-15-13-4-6-21(8-12(13)9-23-15)17(22)14-3-5-18-20(14)2/h3,5,10,12-13,15H,4,6-9H2,1-2H3/t12-,13-,15-/m1/s1. The lowest BCUT2D eigenvalue weighted by molar-refractivity contribution is 0.0601. The molecule has 24 heavy (non-hydrogen) atoms. The first kappa shape index (κ1) is 15.8. The molecule has 6 nitrogen and oxygen atoms in total. The number of ether oxygens (including phenoxy) is 1. The van der Waals surface area contributed by atoms with Gasteiger partial charge in [-0.3, -0.25) is 9.48 Å². The molecule has 4 rings (SSSR count). The summed E-state index contributed by atoms with van der Waals surface area (Å²) in [6, 6.07) is 1.78. The van der Waals surface area contributed by atoms with Gasteiger partial charge in [0.1, 0.15) is 5.69 Å². The first-order valence-corrected chi connectivity index (χ1v) is 9.29. The predicted molar refractivity (Wildman–Crippen MR) is 91.0 cm³/mol. The highest BCUT2D eigenvalue weighted by Crippen LogP contribution is 2.36. The summed E-state index contributed by atoms with van der Waals surface area (Å²) in [5.74, 6) is 1.04. The predicted octanol–water partition coefficient (Wildman–Crippen LogP) is 1.90. The van der Waals surface area contributed by atoms with Gasteiger partial charge in [-0.25, -0.2) is 4.98 Å². The van der Waals surface area contributed by atoms with E-state index in [9.17, 15) is 4.79 Å². The van der Waals surface area contributed by atoms with Gasteiger partial charge in [0.2, 0.25) is 0 Å². The summed E-state index contributed by atoms with van der Waals surface area (Å²) in [4.78, 5) is 19.2. The van der Waals surface area contributed by atoms with Gasteiger partial charge in [-0.05, 0) is 25.3 Å². The number of amides is 1. The number of carbonyl (C=O) groups is 1. The molecule has 0 unspecified atom stereocenters. The number of likely N-dealkylation sites (tertiary alicyclic amines) is 1. The number of piperidine rings is 1. The zero-order valence-corrected chi connectivity index (χ0v) is 14.8. The number of thiazole rings is 1. The Morgan fingerprint density at radius 3 is 3.08 bits per heavy atom. The van der Waals surface area contributed by atoms with Crippen LogP contribution in [-0.2, 0) is 18.2 Å². The summed E-state index contributed by atoms with van der Waals surface area (Å²) < 4.78 is 7.71. The fourth-order valence-corrected chi connectivity index (χ4v) is 4.71. The molecule has 128 valence electrons. The first-order valence-electron chi connectivity index (χ1n) is 8.41. The summed E-state index contributed by atoms with van der Waals surface area (Å²) in [6.45, 7) is 4.35. The first-order chi connectivity index (χ1) is 11.6. The van der Waals surface area contributed by atoms with E-state index >= 15 is 0 Å². The number of aromatic nitrogens is 3. The summed E-state index contributed by atoms with van der Waals surface area (Å²) in [6.07, 6.45) is 3.82. The molecule has 2 saturated heterocycles. The largest absolute Gasteiger partial charge is 0.377 e. The molecule has 0 bridgehead atoms. The van der Waals surface area contributed by atoms with Gasteiger partial charge in [0.05, 0.1) is 17.7 Å². The van der Waals surface area contributed by atoms with Crippen molar-refractivity contribution in [3.63, 3.8) is 0 Å². The third kappa shape index (κ3) is 2.86. The minimum Gasteiger partial charge on any atom is -0.377 e. The van der Waals surface area contributed by atoms with Gasteiger partial charge in [-0.1, -0.05) is 0 Å². The Hall–Kier alpha value is -1.73. The van der Waals surface area contributed by atoms with E-state index in [-0.39, 0.29) is 12.0 Å². The number of hydrogen-bond acceptors (Lipinski definition) is 5. The Morgan fingerprint density at radius 1 is 1.50 bits per heavy atom. The molecule has 2 fully saturated rings. The van der Waals surface area contributed by atoms with Gasteiger partial charge in [-0.2, -0.15) is 5.10 Å². The number of rotatable bonds is 3. The van der Waals surface area contributed by atoms with Crippen LogP contribution >= 0.6 is 11.3 Å². The maximum Gasteiger partial charge on any atom is 0.272 e. The van der Waals surface area contributed by atoms with E-state index < -0.39 is 0 Å². The highest BCUT2D eigenvalue weighted by atomic mass is 32.1. The lowest BCUT2D eigenvalue weighted by atomic mass is 9.83. The molecule has 1 amide bonds. The number of nitrogens with zero attached hydrogens (tertiary/aromatic N) is 4. The average molecular weight is 346 g/mol. The Bertz CT molecular complexity index is 741. The van der Waals surface area contributed by atoms with Crippen LogP contribution in [0.15, 0.2) is 17.6 Å². The second-order valence-electron chi connectivity index (χ2n) is 6.76. The number of fused-ring (bicyclic) bond motifs is 1. The Morgan fingerprint density at radius 2 is 2.38 bits per heavy atom. The van der Waals surface area contributed by atoms with Crippen molar-refractivity contribution in [2.75, 3.05) is 19.7 Å². The van der Waals surface area contributed by atoms with Crippen LogP contribution in [0.4, 0.5) is 0 Å². The van der Waals surface area contributed by atoms with E-state index in [0.29, 0.717) is 17.5 Å². The number of aryl methyl sites for hydroxylation is 2. The zero-order chi connectivity index (χ0) is 16.7. The van der Waals surface area contributed by atoms with Crippen LogP contribution in [0.1, 0.15) is 27.6 Å². The van der Waals surface area contributed by atoms with Gasteiger partial charge in [0, 0.05) is 49.7 Å². The van der Waals surface area contributed by atoms with Crippen LogP contribution < -0.4 is 0 Å². The van der Waals surface area contributed by atoms with Crippen molar-refractivity contribution >= 4 is 17.2 Å². The monoisotopic (exact) mass is 346 g/mol. The maximum atomic E-state index is 12.7. The Labute approximate surface area is 145 Å². The zero-order valence-electron chi connectivity index (χ0n) is 14.0. The van der Waals surface area contributed by atoms with Crippen molar-refractivity contribution in [3.8, 4) is 0 Å². The summed E-state index contributed by atoms with van der Waals surface area (Å²) >= 11 is 1.72. The Balaban J connectivity index is 1.40. The lowest BCUT2D eigenvalue weighted by Gasteiger charge is -2.35. The van der Waals surface area contributed by atoms with E-state index in [2.05, 4.69) is 15.5 Å². The fraction of sp³-hybridized carbons (Fsp3) is 0.588. The topological polar surface area (TPSA) is 60.2 Å². The molecule has 0 aliphatic carbocycles. The second-order valence-corrected chi connectivity index (χ2v) is 7.71. The van der Waals surface area contributed by atoms with Crippen LogP contribution in [0, 0.1) is 18.8 Å². The van der Waals surface area contributed by atoms with Gasteiger partial charge in [0.25, 0.3) is 5.91 Å². The van der Waals surface area contributed by atoms with E-state index in [4.69, 9.17) is 4.74 Å². The highest BCUT2D eigenvalue weighted by Gasteiger charge is 2.42. The molecule has 2 aliphatic rings. The maximum absolute atomic E-state index is 12.7. The van der Waals surface area contributed by atoms with Gasteiger partial charge in [-0.15, -0.1) is 11.3 Å². The second kappa shape index (κ2) is 6.29. The molecule has 0 spiro atoms. The van der Waals surface area contributed by atoms with Crippen LogP contribution in [0.5, 0.6) is 0 Å². The normalized spacial score (nSPS) is 26.6. The molecule has 4 heterocycles. The van der Waals surface area contributed by atoms with E-state index in [1.807, 2.05) is 18.9 Å². The molecular formula is C17H22N4O2S. The van der Waals surface area contributed by atoms with Gasteiger partial charge < -0.3 is 9.64 Å². The van der Waals surface area contributed by atoms with E-state index in [1.165, 1.54) is 0 Å². The minimum atomic E-state index is 0.0763. The lowest BCUT2D eigenvalue weighted by Crippen LogP contribution is -2.45. The van der Waals surface area contributed by atoms with Crippen molar-refractivity contribution in [3.05, 3.63) is 34.0 Å². The van der Waals surface area contributed by atoms with Crippen LogP contribution in [0.2, 0.25) is 0 Å². The van der Waals surface area contributed by atoms with Crippen LogP contribution in [0.25, 0.3) is 0 Å². The van der Waals surface area contributed by atoms with E-state index in [0.717, 1.165) is 43.2 Å². The third-order valence-electron chi connectivity index (χ3n) is 5.16. The van der Waals surface area contributed by atoms with Crippen molar-refractivity contribution in [1.82, 2.24) is 19.7 Å². The highest BCUT2D eigenvalue weighted by molar-refractivity contribution is 7.09. The minimum absolute atomic E-state index is 0.0763. The SMILES string of the molecule is Cc1csc(C[C@H]2OC[C@H]3CN(C(=O)c4ccnn4C)CC[C@H]32)n1. The molecule has 3 atom stereocenters. The molecule has 0 radical (unpaired) electrons. The van der Waals surface area contributed by atoms with Crippen LogP contribution in [-0.4, -0.2) is 51.4 Å².